The van der Waals surface area contributed by atoms with Crippen LogP contribution in [-0.4, -0.2) is 73.8 Å². The van der Waals surface area contributed by atoms with Gasteiger partial charge in [0.25, 0.3) is 5.91 Å². The molecule has 0 spiro atoms. The van der Waals surface area contributed by atoms with Crippen LogP contribution in [0.25, 0.3) is 0 Å². The normalized spacial score (nSPS) is 20.7. The van der Waals surface area contributed by atoms with Gasteiger partial charge in [0, 0.05) is 11.3 Å². The number of thioether (sulfide) groups is 1. The number of carboxylic acid groups (broad SMARTS) is 1. The summed E-state index contributed by atoms with van der Waals surface area (Å²) in [5.74, 6) is -3.79. The molecule has 3 N–H and O–H groups in total. The number of carboxylic acids is 1. The zero-order valence-corrected chi connectivity index (χ0v) is 18.9. The van der Waals surface area contributed by atoms with E-state index in [4.69, 9.17) is 4.74 Å². The van der Waals surface area contributed by atoms with E-state index >= 15 is 0 Å². The van der Waals surface area contributed by atoms with Crippen molar-refractivity contribution < 1.29 is 38.9 Å². The molecule has 2 aliphatic rings. The molecule has 0 bridgehead atoms. The van der Waals surface area contributed by atoms with Crippen LogP contribution < -0.4 is 5.32 Å². The Labute approximate surface area is 195 Å². The Hall–Kier alpha value is -2.70. The molecule has 12 heteroatoms. The van der Waals surface area contributed by atoms with Gasteiger partial charge in [-0.3, -0.25) is 19.3 Å². The van der Waals surface area contributed by atoms with Crippen LogP contribution in [-0.2, 0) is 28.7 Å². The first-order valence-corrected chi connectivity index (χ1v) is 11.6. The Kier molecular flexibility index (Phi) is 7.69. The largest absolute Gasteiger partial charge is 0.477 e. The lowest BCUT2D eigenvalue weighted by Gasteiger charge is -2.49. The molecule has 1 saturated heterocycles. The number of benzene rings is 1. The average molecular weight is 527 g/mol. The number of ether oxygens (including phenoxy) is 1. The number of amides is 2. The van der Waals surface area contributed by atoms with Gasteiger partial charge in [-0.25, -0.2) is 9.59 Å². The number of aliphatic hydroxyl groups is 1. The maximum Gasteiger partial charge on any atom is 0.352 e. The van der Waals surface area contributed by atoms with Gasteiger partial charge in [0.2, 0.25) is 5.91 Å². The lowest BCUT2D eigenvalue weighted by molar-refractivity contribution is -0.154. The summed E-state index contributed by atoms with van der Waals surface area (Å²) in [6, 6.07) is 7.17. The average Bonchev–Trinajstić information content (AvgIpc) is 2.79. The summed E-state index contributed by atoms with van der Waals surface area (Å²) in [4.78, 5) is 60.9. The minimum Gasteiger partial charge on any atom is -0.477 e. The maximum absolute atomic E-state index is 12.5. The number of carbonyl (C=O) groups is 5. The van der Waals surface area contributed by atoms with Crippen LogP contribution in [0.5, 0.6) is 0 Å². The van der Waals surface area contributed by atoms with Crippen molar-refractivity contribution in [2.24, 2.45) is 0 Å². The molecule has 2 amide bonds. The summed E-state index contributed by atoms with van der Waals surface area (Å²) in [6.07, 6.45) is -1.92. The van der Waals surface area contributed by atoms with E-state index in [1.165, 1.54) is 11.8 Å². The summed E-state index contributed by atoms with van der Waals surface area (Å²) < 4.78 is 5.10. The number of aliphatic hydroxyl groups excluding tert-OH is 1. The Bertz CT molecular complexity index is 983. The molecular formula is C20H19BrN2O8S. The van der Waals surface area contributed by atoms with Crippen molar-refractivity contribution in [1.82, 2.24) is 10.2 Å². The second-order valence-corrected chi connectivity index (χ2v) is 8.65. The summed E-state index contributed by atoms with van der Waals surface area (Å²) in [5.41, 5.74) is 0.209. The molecule has 0 radical (unpaired) electrons. The molecule has 2 aliphatic heterocycles. The predicted molar refractivity (Wildman–Crippen MR) is 115 cm³/mol. The van der Waals surface area contributed by atoms with Gasteiger partial charge in [-0.05, 0) is 5.56 Å². The third-order valence-corrected chi connectivity index (χ3v) is 6.77. The summed E-state index contributed by atoms with van der Waals surface area (Å²) in [7, 11) is 0. The van der Waals surface area contributed by atoms with Gasteiger partial charge in [0.15, 0.2) is 11.9 Å². The van der Waals surface area contributed by atoms with E-state index in [1.807, 2.05) is 0 Å². The van der Waals surface area contributed by atoms with Crippen molar-refractivity contribution in [3.63, 3.8) is 0 Å². The summed E-state index contributed by atoms with van der Waals surface area (Å²) >= 11 is 4.15. The first-order chi connectivity index (χ1) is 15.2. The smallest absolute Gasteiger partial charge is 0.352 e. The monoisotopic (exact) mass is 526 g/mol. The number of hydrogen-bond acceptors (Lipinski definition) is 8. The SMILES string of the molecule is O=C(CBr)CC(=O)NC1C(=O)N2C(C(=O)O)=C(COC(=O)C(O)c3ccccc3)CS[C@H]12. The van der Waals surface area contributed by atoms with Crippen LogP contribution in [0.2, 0.25) is 0 Å². The number of esters is 1. The fourth-order valence-corrected chi connectivity index (χ4v) is 4.78. The van der Waals surface area contributed by atoms with Crippen LogP contribution in [0.15, 0.2) is 41.6 Å². The molecule has 0 saturated carbocycles. The molecule has 0 aliphatic carbocycles. The second kappa shape index (κ2) is 10.3. The molecule has 32 heavy (non-hydrogen) atoms. The molecule has 10 nitrogen and oxygen atoms in total. The van der Waals surface area contributed by atoms with E-state index in [0.717, 1.165) is 4.90 Å². The van der Waals surface area contributed by atoms with Crippen LogP contribution in [0.3, 0.4) is 0 Å². The lowest BCUT2D eigenvalue weighted by Crippen LogP contribution is -2.70. The number of nitrogens with one attached hydrogen (secondary N) is 1. The van der Waals surface area contributed by atoms with Gasteiger partial charge in [-0.1, -0.05) is 46.3 Å². The molecule has 0 aromatic heterocycles. The minimum atomic E-state index is -1.53. The van der Waals surface area contributed by atoms with Crippen molar-refractivity contribution in [2.45, 2.75) is 23.9 Å². The third kappa shape index (κ3) is 5.03. The molecular weight excluding hydrogens is 508 g/mol. The van der Waals surface area contributed by atoms with E-state index in [2.05, 4.69) is 21.2 Å². The molecule has 2 heterocycles. The quantitative estimate of drug-likeness (QED) is 0.179. The van der Waals surface area contributed by atoms with Crippen LogP contribution in [0.4, 0.5) is 0 Å². The Morgan fingerprint density at radius 3 is 2.56 bits per heavy atom. The number of carbonyl (C=O) groups excluding carboxylic acids is 4. The van der Waals surface area contributed by atoms with E-state index in [9.17, 15) is 34.2 Å². The fourth-order valence-electron chi connectivity index (χ4n) is 3.25. The first kappa shape index (κ1) is 24.0. The van der Waals surface area contributed by atoms with Gasteiger partial charge >= 0.3 is 11.9 Å². The highest BCUT2D eigenvalue weighted by Gasteiger charge is 2.54. The number of fused-ring (bicyclic) bond motifs is 1. The number of β-lactam (4-membered cyclic amide) rings is 1. The molecule has 3 atom stereocenters. The lowest BCUT2D eigenvalue weighted by atomic mass is 10.0. The number of halogens is 1. The zero-order valence-electron chi connectivity index (χ0n) is 16.5. The van der Waals surface area contributed by atoms with Crippen molar-refractivity contribution in [3.05, 3.63) is 47.2 Å². The molecule has 2 unspecified atom stereocenters. The highest BCUT2D eigenvalue weighted by Crippen LogP contribution is 2.40. The maximum atomic E-state index is 12.5. The molecule has 170 valence electrons. The number of ketones is 1. The Balaban J connectivity index is 1.67. The van der Waals surface area contributed by atoms with E-state index < -0.39 is 47.9 Å². The van der Waals surface area contributed by atoms with Crippen molar-refractivity contribution >= 4 is 57.2 Å². The third-order valence-electron chi connectivity index (χ3n) is 4.80. The first-order valence-electron chi connectivity index (χ1n) is 9.41. The van der Waals surface area contributed by atoms with Crippen LogP contribution in [0, 0.1) is 0 Å². The highest BCUT2D eigenvalue weighted by molar-refractivity contribution is 9.09. The number of alkyl halides is 1. The number of Topliss-reactive ketones (excluding diaryl/α,β-unsaturated/α-hetero) is 1. The number of hydrogen-bond donors (Lipinski definition) is 3. The number of aliphatic carboxylic acids is 1. The highest BCUT2D eigenvalue weighted by atomic mass is 79.9. The van der Waals surface area contributed by atoms with Gasteiger partial charge in [0.05, 0.1) is 11.8 Å². The molecule has 1 fully saturated rings. The van der Waals surface area contributed by atoms with Crippen LogP contribution in [0.1, 0.15) is 18.1 Å². The van der Waals surface area contributed by atoms with Crippen molar-refractivity contribution in [1.29, 1.82) is 0 Å². The fraction of sp³-hybridized carbons (Fsp3) is 0.350. The van der Waals surface area contributed by atoms with Crippen molar-refractivity contribution in [3.8, 4) is 0 Å². The number of nitrogens with zero attached hydrogens (tertiary/aromatic N) is 1. The number of rotatable bonds is 9. The van der Waals surface area contributed by atoms with Crippen LogP contribution >= 0.6 is 27.7 Å². The topological polar surface area (TPSA) is 150 Å². The zero-order chi connectivity index (χ0) is 23.4. The Morgan fingerprint density at radius 1 is 1.25 bits per heavy atom. The summed E-state index contributed by atoms with van der Waals surface area (Å²) in [6.45, 7) is -0.412. The Morgan fingerprint density at radius 2 is 1.94 bits per heavy atom. The second-order valence-electron chi connectivity index (χ2n) is 6.98. The van der Waals surface area contributed by atoms with E-state index in [-0.39, 0.29) is 34.6 Å². The van der Waals surface area contributed by atoms with E-state index in [1.54, 1.807) is 30.3 Å². The van der Waals surface area contributed by atoms with Gasteiger partial charge in [0.1, 0.15) is 23.7 Å². The summed E-state index contributed by atoms with van der Waals surface area (Å²) in [5, 5.41) is 21.6. The van der Waals surface area contributed by atoms with Crippen molar-refractivity contribution in [2.75, 3.05) is 17.7 Å². The predicted octanol–water partition coefficient (Wildman–Crippen LogP) is 0.356. The molecule has 1 aromatic rings. The van der Waals surface area contributed by atoms with E-state index in [0.29, 0.717) is 5.56 Å². The minimum absolute atomic E-state index is 0.0102. The molecule has 3 rings (SSSR count). The van der Waals surface area contributed by atoms with Gasteiger partial charge in [-0.15, -0.1) is 11.8 Å². The standard InChI is InChI=1S/C20H19BrN2O8S/c21-7-12(24)6-13(25)22-14-17(27)23-15(19(28)29)11(9-32-18(14)23)8-31-20(30)16(26)10-4-2-1-3-5-10/h1-5,14,16,18,26H,6-9H2,(H,22,25)(H,28,29)/t14?,16?,18-/m1/s1. The molecule has 1 aromatic carbocycles. The van der Waals surface area contributed by atoms with Gasteiger partial charge in [-0.2, -0.15) is 0 Å². The van der Waals surface area contributed by atoms with Gasteiger partial charge < -0.3 is 20.3 Å².